The SMILES string of the molecule is C[C@@H]1CN(C(=O)CCNC(=O)c2cc(-c3ccccc3)on2)C[C@@H](C)O1. The number of hydrogen-bond acceptors (Lipinski definition) is 5. The lowest BCUT2D eigenvalue weighted by molar-refractivity contribution is -0.143. The monoisotopic (exact) mass is 357 g/mol. The second kappa shape index (κ2) is 8.14. The molecule has 0 spiro atoms. The van der Waals surface area contributed by atoms with Gasteiger partial charge in [0.15, 0.2) is 11.5 Å². The minimum atomic E-state index is -0.354. The Morgan fingerprint density at radius 3 is 2.58 bits per heavy atom. The average Bonchev–Trinajstić information content (AvgIpc) is 3.11. The summed E-state index contributed by atoms with van der Waals surface area (Å²) in [4.78, 5) is 26.2. The standard InChI is InChI=1S/C19H23N3O4/c1-13-11-22(12-14(2)25-13)18(23)8-9-20-19(24)16-10-17(26-21-16)15-6-4-3-5-7-15/h3-7,10,13-14H,8-9,11-12H2,1-2H3,(H,20,24)/t13-,14-/m1/s1. The summed E-state index contributed by atoms with van der Waals surface area (Å²) >= 11 is 0. The van der Waals surface area contributed by atoms with Gasteiger partial charge in [-0.05, 0) is 13.8 Å². The molecule has 0 radical (unpaired) electrons. The first kappa shape index (κ1) is 18.1. The Kier molecular flexibility index (Phi) is 5.68. The molecule has 1 aromatic carbocycles. The third kappa shape index (κ3) is 4.49. The van der Waals surface area contributed by atoms with Crippen LogP contribution in [0.1, 0.15) is 30.8 Å². The van der Waals surface area contributed by atoms with Crippen molar-refractivity contribution in [2.45, 2.75) is 32.5 Å². The van der Waals surface area contributed by atoms with Gasteiger partial charge in [-0.15, -0.1) is 0 Å². The maximum Gasteiger partial charge on any atom is 0.273 e. The highest BCUT2D eigenvalue weighted by Crippen LogP contribution is 2.19. The molecular weight excluding hydrogens is 334 g/mol. The molecule has 1 aliphatic rings. The molecule has 7 heteroatoms. The summed E-state index contributed by atoms with van der Waals surface area (Å²) in [5, 5.41) is 6.52. The molecule has 1 aliphatic heterocycles. The number of benzene rings is 1. The van der Waals surface area contributed by atoms with E-state index in [-0.39, 0.29) is 42.7 Å². The van der Waals surface area contributed by atoms with Gasteiger partial charge in [-0.1, -0.05) is 35.5 Å². The van der Waals surface area contributed by atoms with Crippen LogP contribution in [0.4, 0.5) is 0 Å². The fourth-order valence-electron chi connectivity index (χ4n) is 3.03. The molecule has 0 unspecified atom stereocenters. The van der Waals surface area contributed by atoms with Crippen molar-refractivity contribution < 1.29 is 18.8 Å². The van der Waals surface area contributed by atoms with E-state index in [2.05, 4.69) is 10.5 Å². The van der Waals surface area contributed by atoms with E-state index in [1.807, 2.05) is 44.2 Å². The normalized spacial score (nSPS) is 20.0. The van der Waals surface area contributed by atoms with Crippen LogP contribution in [0, 0.1) is 0 Å². The van der Waals surface area contributed by atoms with Crippen molar-refractivity contribution in [3.05, 3.63) is 42.1 Å². The molecule has 2 heterocycles. The zero-order valence-electron chi connectivity index (χ0n) is 15.0. The van der Waals surface area contributed by atoms with Crippen molar-refractivity contribution in [3.8, 4) is 11.3 Å². The highest BCUT2D eigenvalue weighted by Gasteiger charge is 2.25. The van der Waals surface area contributed by atoms with Gasteiger partial charge in [0.05, 0.1) is 12.2 Å². The molecule has 2 amide bonds. The molecule has 2 aromatic rings. The summed E-state index contributed by atoms with van der Waals surface area (Å²) in [5.41, 5.74) is 1.05. The zero-order valence-corrected chi connectivity index (χ0v) is 15.0. The van der Waals surface area contributed by atoms with Gasteiger partial charge in [0, 0.05) is 37.7 Å². The molecule has 1 N–H and O–H groups in total. The maximum atomic E-state index is 12.3. The molecule has 0 aliphatic carbocycles. The highest BCUT2D eigenvalue weighted by atomic mass is 16.5. The highest BCUT2D eigenvalue weighted by molar-refractivity contribution is 5.93. The van der Waals surface area contributed by atoms with Crippen LogP contribution in [0.2, 0.25) is 0 Å². The molecular formula is C19H23N3O4. The summed E-state index contributed by atoms with van der Waals surface area (Å²) in [5.74, 6) is 0.188. The van der Waals surface area contributed by atoms with Crippen LogP contribution in [-0.4, -0.2) is 53.7 Å². The largest absolute Gasteiger partial charge is 0.372 e. The number of nitrogens with one attached hydrogen (secondary N) is 1. The summed E-state index contributed by atoms with van der Waals surface area (Å²) in [7, 11) is 0. The van der Waals surface area contributed by atoms with E-state index >= 15 is 0 Å². The lowest BCUT2D eigenvalue weighted by Gasteiger charge is -2.35. The number of nitrogens with zero attached hydrogens (tertiary/aromatic N) is 2. The Morgan fingerprint density at radius 2 is 1.88 bits per heavy atom. The Morgan fingerprint density at radius 1 is 1.19 bits per heavy atom. The fourth-order valence-corrected chi connectivity index (χ4v) is 3.03. The van der Waals surface area contributed by atoms with Gasteiger partial charge in [-0.2, -0.15) is 0 Å². The number of amides is 2. The van der Waals surface area contributed by atoms with E-state index in [9.17, 15) is 9.59 Å². The van der Waals surface area contributed by atoms with Crippen LogP contribution in [0.25, 0.3) is 11.3 Å². The van der Waals surface area contributed by atoms with Crippen LogP contribution in [-0.2, 0) is 9.53 Å². The Labute approximate surface area is 152 Å². The summed E-state index contributed by atoms with van der Waals surface area (Å²) in [6.45, 7) is 5.33. The molecule has 26 heavy (non-hydrogen) atoms. The molecule has 138 valence electrons. The van der Waals surface area contributed by atoms with E-state index in [1.54, 1.807) is 11.0 Å². The molecule has 1 fully saturated rings. The molecule has 1 aromatic heterocycles. The van der Waals surface area contributed by atoms with Crippen molar-refractivity contribution in [3.63, 3.8) is 0 Å². The molecule has 1 saturated heterocycles. The smallest absolute Gasteiger partial charge is 0.273 e. The number of hydrogen-bond donors (Lipinski definition) is 1. The van der Waals surface area contributed by atoms with Crippen LogP contribution < -0.4 is 5.32 Å². The zero-order chi connectivity index (χ0) is 18.5. The van der Waals surface area contributed by atoms with Crippen molar-refractivity contribution in [1.82, 2.24) is 15.4 Å². The molecule has 0 saturated carbocycles. The second-order valence-electron chi connectivity index (χ2n) is 6.50. The van der Waals surface area contributed by atoms with E-state index in [1.165, 1.54) is 0 Å². The number of carbonyl (C=O) groups is 2. The van der Waals surface area contributed by atoms with Crippen LogP contribution in [0.5, 0.6) is 0 Å². The summed E-state index contributed by atoms with van der Waals surface area (Å²) in [6.07, 6.45) is 0.307. The number of carbonyl (C=O) groups excluding carboxylic acids is 2. The van der Waals surface area contributed by atoms with Gasteiger partial charge in [0.1, 0.15) is 0 Å². The minimum absolute atomic E-state index is 0.0115. The first-order chi connectivity index (χ1) is 12.5. The third-order valence-electron chi connectivity index (χ3n) is 4.20. The molecule has 0 bridgehead atoms. The predicted octanol–water partition coefficient (Wildman–Crippen LogP) is 2.10. The van der Waals surface area contributed by atoms with E-state index in [0.29, 0.717) is 18.8 Å². The van der Waals surface area contributed by atoms with Crippen molar-refractivity contribution >= 4 is 11.8 Å². The molecule has 7 nitrogen and oxygen atoms in total. The van der Waals surface area contributed by atoms with E-state index < -0.39 is 0 Å². The second-order valence-corrected chi connectivity index (χ2v) is 6.50. The quantitative estimate of drug-likeness (QED) is 0.886. The third-order valence-corrected chi connectivity index (χ3v) is 4.20. The minimum Gasteiger partial charge on any atom is -0.372 e. The lowest BCUT2D eigenvalue weighted by atomic mass is 10.1. The Balaban J connectivity index is 1.48. The molecule has 3 rings (SSSR count). The number of rotatable bonds is 5. The maximum absolute atomic E-state index is 12.3. The lowest BCUT2D eigenvalue weighted by Crippen LogP contribution is -2.48. The van der Waals surface area contributed by atoms with Crippen LogP contribution in [0.15, 0.2) is 40.9 Å². The van der Waals surface area contributed by atoms with Gasteiger partial charge >= 0.3 is 0 Å². The van der Waals surface area contributed by atoms with Crippen molar-refractivity contribution in [2.75, 3.05) is 19.6 Å². The van der Waals surface area contributed by atoms with Gasteiger partial charge in [0.25, 0.3) is 5.91 Å². The van der Waals surface area contributed by atoms with Gasteiger partial charge < -0.3 is 19.5 Å². The number of morpholine rings is 1. The fraction of sp³-hybridized carbons (Fsp3) is 0.421. The first-order valence-electron chi connectivity index (χ1n) is 8.76. The predicted molar refractivity (Wildman–Crippen MR) is 95.5 cm³/mol. The van der Waals surface area contributed by atoms with Gasteiger partial charge in [-0.3, -0.25) is 9.59 Å². The Bertz CT molecular complexity index is 749. The summed E-state index contributed by atoms with van der Waals surface area (Å²) < 4.78 is 10.8. The van der Waals surface area contributed by atoms with E-state index in [0.717, 1.165) is 5.56 Å². The van der Waals surface area contributed by atoms with Crippen LogP contribution >= 0.6 is 0 Å². The van der Waals surface area contributed by atoms with Crippen molar-refractivity contribution in [2.24, 2.45) is 0 Å². The number of aromatic nitrogens is 1. The van der Waals surface area contributed by atoms with Crippen LogP contribution in [0.3, 0.4) is 0 Å². The number of ether oxygens (including phenoxy) is 1. The summed E-state index contributed by atoms with van der Waals surface area (Å²) in [6, 6.07) is 11.0. The van der Waals surface area contributed by atoms with Gasteiger partial charge in [-0.25, -0.2) is 0 Å². The Hall–Kier alpha value is -2.67. The van der Waals surface area contributed by atoms with Crippen molar-refractivity contribution in [1.29, 1.82) is 0 Å². The van der Waals surface area contributed by atoms with E-state index in [4.69, 9.17) is 9.26 Å². The first-order valence-corrected chi connectivity index (χ1v) is 8.76. The molecule has 2 atom stereocenters. The van der Waals surface area contributed by atoms with Gasteiger partial charge in [0.2, 0.25) is 5.91 Å². The topological polar surface area (TPSA) is 84.7 Å². The average molecular weight is 357 g/mol.